The maximum Gasteiger partial charge on any atom is 0.480 e. The highest BCUT2D eigenvalue weighted by atomic mass is 32.5. The molecule has 2 unspecified atom stereocenters. The van der Waals surface area contributed by atoms with Crippen molar-refractivity contribution in [2.24, 2.45) is 0 Å². The Hall–Kier alpha value is -0.610. The highest BCUT2D eigenvalue weighted by molar-refractivity contribution is 8.09. The monoisotopic (exact) mass is 500 g/mol. The molecule has 1 fully saturated rings. The van der Waals surface area contributed by atoms with E-state index in [1.54, 1.807) is 0 Å². The van der Waals surface area contributed by atoms with Crippen LogP contribution in [0.5, 0.6) is 0 Å². The van der Waals surface area contributed by atoms with Crippen molar-refractivity contribution < 1.29 is 56.8 Å². The van der Waals surface area contributed by atoms with Gasteiger partial charge in [0.05, 0.1) is 6.61 Å². The van der Waals surface area contributed by atoms with Crippen molar-refractivity contribution in [2.75, 3.05) is 6.61 Å². The van der Waals surface area contributed by atoms with Gasteiger partial charge in [-0.2, -0.15) is 0 Å². The smallest absolute Gasteiger partial charge is 0.394 e. The number of rotatable bonds is 8. The van der Waals surface area contributed by atoms with Crippen LogP contribution in [0.2, 0.25) is 0 Å². The van der Waals surface area contributed by atoms with Crippen molar-refractivity contribution >= 4 is 34.2 Å². The number of aliphatic hydroxyl groups is 2. The molecular formula is C9H15N2O14P3S. The minimum Gasteiger partial charge on any atom is -0.394 e. The highest BCUT2D eigenvalue weighted by Crippen LogP contribution is 2.67. The van der Waals surface area contributed by atoms with E-state index in [0.29, 0.717) is 4.57 Å². The second-order valence-corrected chi connectivity index (χ2v) is 11.2. The number of phosphoric ester groups is 1. The zero-order chi connectivity index (χ0) is 22.2. The summed E-state index contributed by atoms with van der Waals surface area (Å²) in [5.41, 5.74) is -1.85. The van der Waals surface area contributed by atoms with Crippen LogP contribution < -0.4 is 11.2 Å². The molecule has 1 aromatic heterocycles. The fraction of sp³-hybridized carbons (Fsp3) is 0.556. The number of phosphoric acid groups is 2. The molecule has 1 aliphatic heterocycles. The van der Waals surface area contributed by atoms with E-state index in [1.165, 1.54) is 0 Å². The molecule has 166 valence electrons. The molecule has 1 aromatic rings. The topological polar surface area (TPSA) is 247 Å². The Morgan fingerprint density at radius 2 is 1.83 bits per heavy atom. The van der Waals surface area contributed by atoms with Gasteiger partial charge in [-0.15, -0.1) is 0 Å². The predicted molar refractivity (Wildman–Crippen MR) is 93.7 cm³/mol. The summed E-state index contributed by atoms with van der Waals surface area (Å²) in [5.74, 6) is 0. The Bertz CT molecular complexity index is 1000. The van der Waals surface area contributed by atoms with Crippen molar-refractivity contribution in [3.8, 4) is 0 Å². The maximum absolute atomic E-state index is 12.1. The lowest BCUT2D eigenvalue weighted by molar-refractivity contribution is -0.0542. The van der Waals surface area contributed by atoms with Gasteiger partial charge in [0.15, 0.2) is 6.23 Å². The lowest BCUT2D eigenvalue weighted by Crippen LogP contribution is -2.39. The first-order chi connectivity index (χ1) is 13.1. The molecule has 1 aliphatic rings. The fourth-order valence-electron chi connectivity index (χ4n) is 2.29. The molecule has 0 amide bonds. The summed E-state index contributed by atoms with van der Waals surface area (Å²) in [6.07, 6.45) is -5.91. The number of ether oxygens (including phenoxy) is 1. The van der Waals surface area contributed by atoms with Crippen molar-refractivity contribution in [2.45, 2.75) is 24.5 Å². The molecular weight excluding hydrogens is 485 g/mol. The van der Waals surface area contributed by atoms with Crippen LogP contribution >= 0.6 is 22.4 Å². The van der Waals surface area contributed by atoms with Gasteiger partial charge in [-0.1, -0.05) is 0 Å². The molecule has 0 saturated carbocycles. The largest absolute Gasteiger partial charge is 0.480 e. The number of aromatic nitrogens is 2. The highest BCUT2D eigenvalue weighted by Gasteiger charge is 2.50. The van der Waals surface area contributed by atoms with Crippen molar-refractivity contribution in [1.29, 1.82) is 0 Å². The van der Waals surface area contributed by atoms with E-state index < -0.39 is 64.8 Å². The third-order valence-electron chi connectivity index (χ3n) is 3.29. The lowest BCUT2D eigenvalue weighted by Gasteiger charge is -2.25. The van der Waals surface area contributed by atoms with Crippen LogP contribution in [0.1, 0.15) is 6.23 Å². The van der Waals surface area contributed by atoms with E-state index in [-0.39, 0.29) is 0 Å². The fourth-order valence-corrected chi connectivity index (χ4v) is 7.02. The van der Waals surface area contributed by atoms with Crippen LogP contribution in [0.25, 0.3) is 0 Å². The van der Waals surface area contributed by atoms with Crippen molar-refractivity contribution in [1.82, 2.24) is 9.55 Å². The van der Waals surface area contributed by atoms with Gasteiger partial charge >= 0.3 is 28.1 Å². The number of nitrogens with zero attached hydrogens (tertiary/aromatic N) is 1. The molecule has 16 nitrogen and oxygen atoms in total. The SMILES string of the molecule is O=c1ccn([C@@H]2O[C@H](CO)[C@@H](O)[C@H]2OP(=O)(O)OP(O)(=S)OP(=O)(O)O)c(=O)[nH]1. The zero-order valence-corrected chi connectivity index (χ0v) is 17.3. The molecule has 0 aromatic carbocycles. The van der Waals surface area contributed by atoms with Crippen LogP contribution in [0, 0.1) is 0 Å². The van der Waals surface area contributed by atoms with Gasteiger partial charge in [0, 0.05) is 12.3 Å². The van der Waals surface area contributed by atoms with Crippen LogP contribution in [-0.4, -0.2) is 64.3 Å². The Morgan fingerprint density at radius 3 is 2.34 bits per heavy atom. The second-order valence-electron chi connectivity index (χ2n) is 5.42. The van der Waals surface area contributed by atoms with Gasteiger partial charge in [0.2, 0.25) is 0 Å². The molecule has 0 bridgehead atoms. The average Bonchev–Trinajstić information content (AvgIpc) is 2.79. The Morgan fingerprint density at radius 1 is 1.21 bits per heavy atom. The number of nitrogens with one attached hydrogen (secondary N) is 1. The van der Waals surface area contributed by atoms with Crippen LogP contribution in [0.15, 0.2) is 21.9 Å². The van der Waals surface area contributed by atoms with Crippen LogP contribution in [0.3, 0.4) is 0 Å². The first kappa shape index (κ1) is 24.7. The molecule has 6 atom stereocenters. The minimum atomic E-state index is -5.49. The van der Waals surface area contributed by atoms with E-state index in [2.05, 4.69) is 25.0 Å². The van der Waals surface area contributed by atoms with E-state index >= 15 is 0 Å². The van der Waals surface area contributed by atoms with Crippen molar-refractivity contribution in [3.63, 3.8) is 0 Å². The first-order valence-electron chi connectivity index (χ1n) is 7.22. The molecule has 29 heavy (non-hydrogen) atoms. The van der Waals surface area contributed by atoms with E-state index in [9.17, 15) is 38.7 Å². The molecule has 2 rings (SSSR count). The Labute approximate surface area is 165 Å². The van der Waals surface area contributed by atoms with Gasteiger partial charge < -0.3 is 34.5 Å². The number of hydrogen-bond donors (Lipinski definition) is 7. The molecule has 0 aliphatic carbocycles. The molecule has 0 radical (unpaired) electrons. The zero-order valence-electron chi connectivity index (χ0n) is 13.8. The predicted octanol–water partition coefficient (Wildman–Crippen LogP) is -2.38. The second kappa shape index (κ2) is 8.86. The minimum absolute atomic E-state index is 0.659. The van der Waals surface area contributed by atoms with E-state index in [1.807, 2.05) is 4.98 Å². The van der Waals surface area contributed by atoms with Gasteiger partial charge in [-0.25, -0.2) is 22.5 Å². The van der Waals surface area contributed by atoms with Crippen LogP contribution in [0.4, 0.5) is 0 Å². The van der Waals surface area contributed by atoms with Gasteiger partial charge in [0.25, 0.3) is 5.56 Å². The average molecular weight is 500 g/mol. The number of hydrogen-bond acceptors (Lipinski definition) is 11. The van der Waals surface area contributed by atoms with Gasteiger partial charge in [0.1, 0.15) is 18.3 Å². The molecule has 7 N–H and O–H groups in total. The summed E-state index contributed by atoms with van der Waals surface area (Å²) in [6.45, 7) is -5.81. The van der Waals surface area contributed by atoms with E-state index in [0.717, 1.165) is 12.3 Å². The Balaban J connectivity index is 2.32. The Kier molecular flexibility index (Phi) is 7.54. The first-order valence-corrected chi connectivity index (χ1v) is 12.8. The summed E-state index contributed by atoms with van der Waals surface area (Å²) in [6, 6.07) is 0.886. The summed E-state index contributed by atoms with van der Waals surface area (Å²) in [5, 5.41) is 19.4. The summed E-state index contributed by atoms with van der Waals surface area (Å²) < 4.78 is 41.2. The molecule has 0 spiro atoms. The normalized spacial score (nSPS) is 29.3. The summed E-state index contributed by atoms with van der Waals surface area (Å²) >= 11 is 4.20. The third kappa shape index (κ3) is 6.69. The summed E-state index contributed by atoms with van der Waals surface area (Å²) in [4.78, 5) is 61.5. The quantitative estimate of drug-likeness (QED) is 0.184. The molecule has 1 saturated heterocycles. The number of aliphatic hydroxyl groups excluding tert-OH is 2. The number of aromatic amines is 1. The van der Waals surface area contributed by atoms with Crippen LogP contribution in [-0.2, 0) is 38.8 Å². The standard InChI is InChI=1S/C9H15N2O14P3S/c12-3-4-6(14)7(8(22-4)11-2-1-5(13)10-9(11)15)23-27(19,20)25-28(21,29)24-26(16,17)18/h1-2,4,6-8,12,14H,3H2,(H,19,20)(H,21,29)(H,10,13,15)(H2,16,17,18)/t4-,6-,7-,8-,28?/m1/s1. The number of H-pyrrole nitrogens is 1. The lowest BCUT2D eigenvalue weighted by atomic mass is 10.1. The van der Waals surface area contributed by atoms with Crippen molar-refractivity contribution in [3.05, 3.63) is 33.1 Å². The maximum atomic E-state index is 12.1. The molecule has 2 heterocycles. The third-order valence-corrected chi connectivity index (χ3v) is 8.33. The summed E-state index contributed by atoms with van der Waals surface area (Å²) in [7, 11) is -10.9. The molecule has 20 heteroatoms. The van der Waals surface area contributed by atoms with Gasteiger partial charge in [-0.3, -0.25) is 18.9 Å². The van der Waals surface area contributed by atoms with E-state index in [4.69, 9.17) is 14.5 Å². The van der Waals surface area contributed by atoms with Gasteiger partial charge in [-0.05, 0) is 11.8 Å².